The van der Waals surface area contributed by atoms with Gasteiger partial charge in [-0.15, -0.1) is 0 Å². The molecule has 4 nitrogen and oxygen atoms in total. The lowest BCUT2D eigenvalue weighted by Gasteiger charge is -2.06. The Bertz CT molecular complexity index is 352. The third-order valence-corrected chi connectivity index (χ3v) is 3.25. The van der Waals surface area contributed by atoms with Crippen molar-refractivity contribution < 1.29 is 9.94 Å². The van der Waals surface area contributed by atoms with Gasteiger partial charge in [-0.2, -0.15) is 11.8 Å². The molecule has 0 spiro atoms. The zero-order valence-corrected chi connectivity index (χ0v) is 10.7. The summed E-state index contributed by atoms with van der Waals surface area (Å²) in [6.07, 6.45) is 1.19. The molecule has 0 aromatic heterocycles. The largest absolute Gasteiger partial charge is 0.493 e. The fraction of sp³-hybridized carbons (Fsp3) is 0.417. The highest BCUT2D eigenvalue weighted by Crippen LogP contribution is 2.12. The van der Waals surface area contributed by atoms with Crippen LogP contribution in [-0.2, 0) is 0 Å². The number of amidine groups is 1. The Labute approximate surface area is 106 Å². The van der Waals surface area contributed by atoms with Gasteiger partial charge in [-0.05, 0) is 36.4 Å². The standard InChI is InChI=1S/C12H18N2O2S/c1-2-8-17-9-7-16-11-5-3-10(4-6-11)12(13)14-15/h3-6,15H,2,7-9H2,1H3,(H2,13,14). The number of nitrogens with two attached hydrogens (primary N) is 1. The highest BCUT2D eigenvalue weighted by Gasteiger charge is 1.99. The molecule has 1 aromatic carbocycles. The second kappa shape index (κ2) is 7.84. The molecule has 0 heterocycles. The minimum Gasteiger partial charge on any atom is -0.493 e. The molecule has 0 saturated heterocycles. The molecule has 0 bridgehead atoms. The molecule has 3 N–H and O–H groups in total. The number of benzene rings is 1. The average Bonchev–Trinajstić information content (AvgIpc) is 2.38. The quantitative estimate of drug-likeness (QED) is 0.257. The van der Waals surface area contributed by atoms with Crippen LogP contribution >= 0.6 is 11.8 Å². The molecule has 0 aliphatic heterocycles. The molecular weight excluding hydrogens is 236 g/mol. The molecule has 0 aliphatic rings. The van der Waals surface area contributed by atoms with E-state index in [9.17, 15) is 0 Å². The van der Waals surface area contributed by atoms with E-state index < -0.39 is 0 Å². The minimum atomic E-state index is 0.107. The second-order valence-corrected chi connectivity index (χ2v) is 4.70. The van der Waals surface area contributed by atoms with Gasteiger partial charge in [0, 0.05) is 11.3 Å². The van der Waals surface area contributed by atoms with Crippen molar-refractivity contribution in [3.8, 4) is 5.75 Å². The molecule has 0 radical (unpaired) electrons. The van der Waals surface area contributed by atoms with Crippen molar-refractivity contribution in [2.75, 3.05) is 18.1 Å². The van der Waals surface area contributed by atoms with E-state index >= 15 is 0 Å². The van der Waals surface area contributed by atoms with E-state index in [4.69, 9.17) is 15.7 Å². The van der Waals surface area contributed by atoms with E-state index in [0.29, 0.717) is 12.2 Å². The van der Waals surface area contributed by atoms with Crippen LogP contribution in [0.25, 0.3) is 0 Å². The minimum absolute atomic E-state index is 0.107. The van der Waals surface area contributed by atoms with Gasteiger partial charge in [0.1, 0.15) is 5.75 Å². The summed E-state index contributed by atoms with van der Waals surface area (Å²) in [5.41, 5.74) is 6.14. The molecule has 0 atom stereocenters. The number of oxime groups is 1. The molecule has 0 saturated carbocycles. The molecule has 5 heteroatoms. The van der Waals surface area contributed by atoms with Gasteiger partial charge in [-0.1, -0.05) is 12.1 Å². The third kappa shape index (κ3) is 4.99. The fourth-order valence-corrected chi connectivity index (χ4v) is 1.94. The number of hydrogen-bond acceptors (Lipinski definition) is 4. The molecule has 1 aromatic rings. The zero-order valence-electron chi connectivity index (χ0n) is 9.93. The Morgan fingerprint density at radius 3 is 2.65 bits per heavy atom. The first-order chi connectivity index (χ1) is 8.27. The van der Waals surface area contributed by atoms with Crippen LogP contribution in [0.1, 0.15) is 18.9 Å². The van der Waals surface area contributed by atoms with E-state index in [1.807, 2.05) is 23.9 Å². The molecule has 1 rings (SSSR count). The molecule has 0 amide bonds. The average molecular weight is 254 g/mol. The Morgan fingerprint density at radius 2 is 2.06 bits per heavy atom. The number of hydrogen-bond donors (Lipinski definition) is 2. The topological polar surface area (TPSA) is 67.8 Å². The fourth-order valence-electron chi connectivity index (χ4n) is 1.24. The summed E-state index contributed by atoms with van der Waals surface area (Å²) >= 11 is 1.89. The lowest BCUT2D eigenvalue weighted by Crippen LogP contribution is -2.12. The van der Waals surface area contributed by atoms with Gasteiger partial charge in [0.2, 0.25) is 0 Å². The van der Waals surface area contributed by atoms with E-state index in [2.05, 4.69) is 12.1 Å². The van der Waals surface area contributed by atoms with E-state index in [1.165, 1.54) is 12.2 Å². The maximum Gasteiger partial charge on any atom is 0.170 e. The Balaban J connectivity index is 2.35. The molecule has 0 fully saturated rings. The van der Waals surface area contributed by atoms with Crippen molar-refractivity contribution >= 4 is 17.6 Å². The number of thioether (sulfide) groups is 1. The molecule has 17 heavy (non-hydrogen) atoms. The van der Waals surface area contributed by atoms with E-state index in [0.717, 1.165) is 11.5 Å². The Hall–Kier alpha value is -1.36. The summed E-state index contributed by atoms with van der Waals surface area (Å²) in [6.45, 7) is 2.87. The second-order valence-electron chi connectivity index (χ2n) is 3.47. The first-order valence-corrected chi connectivity index (χ1v) is 6.72. The summed E-state index contributed by atoms with van der Waals surface area (Å²) in [5, 5.41) is 11.4. The van der Waals surface area contributed by atoms with Crippen molar-refractivity contribution in [2.45, 2.75) is 13.3 Å². The summed E-state index contributed by atoms with van der Waals surface area (Å²) in [7, 11) is 0. The molecule has 94 valence electrons. The normalized spacial score (nSPS) is 11.5. The first-order valence-electron chi connectivity index (χ1n) is 5.56. The SMILES string of the molecule is CCCSCCOc1ccc(/C(N)=N/O)cc1. The van der Waals surface area contributed by atoms with Crippen LogP contribution in [0, 0.1) is 0 Å². The smallest absolute Gasteiger partial charge is 0.170 e. The van der Waals surface area contributed by atoms with Gasteiger partial charge in [-0.25, -0.2) is 0 Å². The first kappa shape index (κ1) is 13.7. The highest BCUT2D eigenvalue weighted by atomic mass is 32.2. The van der Waals surface area contributed by atoms with Crippen LogP contribution in [0.5, 0.6) is 5.75 Å². The molecular formula is C12H18N2O2S. The van der Waals surface area contributed by atoms with E-state index in [1.54, 1.807) is 12.1 Å². The van der Waals surface area contributed by atoms with Crippen LogP contribution in [-0.4, -0.2) is 29.2 Å². The zero-order chi connectivity index (χ0) is 12.5. The molecule has 0 aliphatic carbocycles. The summed E-state index contributed by atoms with van der Waals surface area (Å²) in [4.78, 5) is 0. The number of rotatable bonds is 7. The van der Waals surface area contributed by atoms with Gasteiger partial charge in [0.15, 0.2) is 5.84 Å². The number of nitrogens with zero attached hydrogens (tertiary/aromatic N) is 1. The van der Waals surface area contributed by atoms with Gasteiger partial charge >= 0.3 is 0 Å². The van der Waals surface area contributed by atoms with E-state index in [-0.39, 0.29) is 5.84 Å². The summed E-state index contributed by atoms with van der Waals surface area (Å²) < 4.78 is 5.56. The maximum atomic E-state index is 8.51. The van der Waals surface area contributed by atoms with Crippen LogP contribution < -0.4 is 10.5 Å². The predicted octanol–water partition coefficient (Wildman–Crippen LogP) is 2.30. The van der Waals surface area contributed by atoms with Crippen LogP contribution in [0.15, 0.2) is 29.4 Å². The third-order valence-electron chi connectivity index (χ3n) is 2.10. The lowest BCUT2D eigenvalue weighted by atomic mass is 10.2. The van der Waals surface area contributed by atoms with Crippen molar-refractivity contribution in [3.05, 3.63) is 29.8 Å². The van der Waals surface area contributed by atoms with Crippen LogP contribution in [0.3, 0.4) is 0 Å². The van der Waals surface area contributed by atoms with Gasteiger partial charge < -0.3 is 15.7 Å². The van der Waals surface area contributed by atoms with Crippen molar-refractivity contribution in [1.29, 1.82) is 0 Å². The van der Waals surface area contributed by atoms with Crippen LogP contribution in [0.4, 0.5) is 0 Å². The predicted molar refractivity (Wildman–Crippen MR) is 72.1 cm³/mol. The summed E-state index contributed by atoms with van der Waals surface area (Å²) in [5.74, 6) is 3.08. The molecule has 0 unspecified atom stereocenters. The van der Waals surface area contributed by atoms with Gasteiger partial charge in [0.05, 0.1) is 6.61 Å². The van der Waals surface area contributed by atoms with Crippen molar-refractivity contribution in [1.82, 2.24) is 0 Å². The van der Waals surface area contributed by atoms with Gasteiger partial charge in [-0.3, -0.25) is 0 Å². The Morgan fingerprint density at radius 1 is 1.35 bits per heavy atom. The lowest BCUT2D eigenvalue weighted by molar-refractivity contribution is 0.318. The number of ether oxygens (including phenoxy) is 1. The van der Waals surface area contributed by atoms with Crippen LogP contribution in [0.2, 0.25) is 0 Å². The van der Waals surface area contributed by atoms with Crippen molar-refractivity contribution in [2.24, 2.45) is 10.9 Å². The van der Waals surface area contributed by atoms with Gasteiger partial charge in [0.25, 0.3) is 0 Å². The monoisotopic (exact) mass is 254 g/mol. The summed E-state index contributed by atoms with van der Waals surface area (Å²) in [6, 6.07) is 7.17. The Kier molecular flexibility index (Phi) is 6.32. The maximum absolute atomic E-state index is 8.51. The highest BCUT2D eigenvalue weighted by molar-refractivity contribution is 7.99. The van der Waals surface area contributed by atoms with Crippen molar-refractivity contribution in [3.63, 3.8) is 0 Å².